The van der Waals surface area contributed by atoms with Crippen molar-refractivity contribution >= 4 is 5.91 Å². The third kappa shape index (κ3) is 3.82. The van der Waals surface area contributed by atoms with Crippen molar-refractivity contribution in [1.82, 2.24) is 4.90 Å². The van der Waals surface area contributed by atoms with Gasteiger partial charge in [-0.2, -0.15) is 0 Å². The molecular formula is C12H24N2O. The molecule has 2 atom stereocenters. The fraction of sp³-hybridized carbons (Fsp3) is 0.917. The van der Waals surface area contributed by atoms with Crippen molar-refractivity contribution in [3.63, 3.8) is 0 Å². The fourth-order valence-corrected chi connectivity index (χ4v) is 2.19. The molecule has 0 saturated carbocycles. The summed E-state index contributed by atoms with van der Waals surface area (Å²) in [6.45, 7) is 6.85. The molecule has 1 saturated heterocycles. The van der Waals surface area contributed by atoms with Gasteiger partial charge in [-0.1, -0.05) is 20.3 Å². The van der Waals surface area contributed by atoms with Crippen LogP contribution in [0.4, 0.5) is 0 Å². The summed E-state index contributed by atoms with van der Waals surface area (Å²) < 4.78 is 0. The van der Waals surface area contributed by atoms with E-state index in [2.05, 4.69) is 13.8 Å². The Bertz CT molecular complexity index is 202. The minimum absolute atomic E-state index is 0.304. The van der Waals surface area contributed by atoms with E-state index in [1.807, 2.05) is 4.90 Å². The highest BCUT2D eigenvalue weighted by Gasteiger charge is 2.22. The first-order valence-electron chi connectivity index (χ1n) is 6.15. The van der Waals surface area contributed by atoms with E-state index < -0.39 is 0 Å². The fourth-order valence-electron chi connectivity index (χ4n) is 2.19. The quantitative estimate of drug-likeness (QED) is 0.769. The van der Waals surface area contributed by atoms with Crippen molar-refractivity contribution in [1.29, 1.82) is 0 Å². The molecule has 1 fully saturated rings. The Kier molecular flexibility index (Phi) is 5.09. The molecule has 3 heteroatoms. The van der Waals surface area contributed by atoms with Gasteiger partial charge < -0.3 is 10.6 Å². The van der Waals surface area contributed by atoms with Gasteiger partial charge in [0.15, 0.2) is 0 Å². The highest BCUT2D eigenvalue weighted by molar-refractivity contribution is 5.76. The second-order valence-corrected chi connectivity index (χ2v) is 4.80. The number of hydrogen-bond acceptors (Lipinski definition) is 2. The zero-order valence-electron chi connectivity index (χ0n) is 10.0. The van der Waals surface area contributed by atoms with E-state index in [0.29, 0.717) is 30.7 Å². The van der Waals surface area contributed by atoms with Crippen LogP contribution in [0.3, 0.4) is 0 Å². The van der Waals surface area contributed by atoms with E-state index in [1.54, 1.807) is 0 Å². The SMILES string of the molecule is CCC(CN)CC(=O)N1CCCC(C)C1. The van der Waals surface area contributed by atoms with E-state index in [-0.39, 0.29) is 0 Å². The monoisotopic (exact) mass is 212 g/mol. The third-order valence-corrected chi connectivity index (χ3v) is 3.38. The summed E-state index contributed by atoms with van der Waals surface area (Å²) in [5.74, 6) is 1.34. The summed E-state index contributed by atoms with van der Waals surface area (Å²) in [5, 5.41) is 0. The second-order valence-electron chi connectivity index (χ2n) is 4.80. The van der Waals surface area contributed by atoms with E-state index in [1.165, 1.54) is 6.42 Å². The number of hydrogen-bond donors (Lipinski definition) is 1. The van der Waals surface area contributed by atoms with Crippen LogP contribution in [0.15, 0.2) is 0 Å². The van der Waals surface area contributed by atoms with Gasteiger partial charge in [-0.3, -0.25) is 4.79 Å². The van der Waals surface area contributed by atoms with Gasteiger partial charge in [0.05, 0.1) is 0 Å². The predicted molar refractivity (Wildman–Crippen MR) is 62.4 cm³/mol. The van der Waals surface area contributed by atoms with Crippen molar-refractivity contribution in [2.75, 3.05) is 19.6 Å². The Morgan fingerprint density at radius 3 is 2.87 bits per heavy atom. The summed E-state index contributed by atoms with van der Waals surface area (Å²) in [5.41, 5.74) is 5.62. The molecule has 1 amide bonds. The number of nitrogens with zero attached hydrogens (tertiary/aromatic N) is 1. The molecule has 0 radical (unpaired) electrons. The second kappa shape index (κ2) is 6.11. The normalized spacial score (nSPS) is 23.9. The van der Waals surface area contributed by atoms with Crippen LogP contribution < -0.4 is 5.73 Å². The first-order valence-corrected chi connectivity index (χ1v) is 6.15. The molecule has 0 aromatic rings. The standard InChI is InChI=1S/C12H24N2O/c1-3-11(8-13)7-12(15)14-6-4-5-10(2)9-14/h10-11H,3-9,13H2,1-2H3. The number of likely N-dealkylation sites (tertiary alicyclic amines) is 1. The van der Waals surface area contributed by atoms with E-state index >= 15 is 0 Å². The molecule has 1 rings (SSSR count). The Morgan fingerprint density at radius 1 is 1.60 bits per heavy atom. The molecule has 0 spiro atoms. The van der Waals surface area contributed by atoms with Crippen LogP contribution in [0, 0.1) is 11.8 Å². The van der Waals surface area contributed by atoms with Crippen molar-refractivity contribution in [3.05, 3.63) is 0 Å². The number of carbonyl (C=O) groups excluding carboxylic acids is 1. The minimum atomic E-state index is 0.304. The molecule has 3 nitrogen and oxygen atoms in total. The van der Waals surface area contributed by atoms with Crippen molar-refractivity contribution in [2.45, 2.75) is 39.5 Å². The van der Waals surface area contributed by atoms with Gasteiger partial charge in [-0.15, -0.1) is 0 Å². The van der Waals surface area contributed by atoms with Crippen molar-refractivity contribution in [3.8, 4) is 0 Å². The smallest absolute Gasteiger partial charge is 0.222 e. The van der Waals surface area contributed by atoms with Crippen LogP contribution in [-0.2, 0) is 4.79 Å². The van der Waals surface area contributed by atoms with E-state index in [0.717, 1.165) is 25.9 Å². The summed E-state index contributed by atoms with van der Waals surface area (Å²) in [4.78, 5) is 14.0. The van der Waals surface area contributed by atoms with Crippen LogP contribution in [-0.4, -0.2) is 30.4 Å². The summed E-state index contributed by atoms with van der Waals surface area (Å²) >= 11 is 0. The Labute approximate surface area is 93.0 Å². The lowest BCUT2D eigenvalue weighted by Gasteiger charge is -2.31. The maximum Gasteiger partial charge on any atom is 0.222 e. The molecule has 88 valence electrons. The first-order chi connectivity index (χ1) is 7.17. The van der Waals surface area contributed by atoms with Crippen LogP contribution >= 0.6 is 0 Å². The molecule has 1 heterocycles. The number of carbonyl (C=O) groups is 1. The average molecular weight is 212 g/mol. The van der Waals surface area contributed by atoms with Crippen molar-refractivity contribution in [2.24, 2.45) is 17.6 Å². The Balaban J connectivity index is 2.38. The van der Waals surface area contributed by atoms with Crippen LogP contribution in [0.25, 0.3) is 0 Å². The molecular weight excluding hydrogens is 188 g/mol. The van der Waals surface area contributed by atoms with Gasteiger partial charge in [-0.05, 0) is 31.2 Å². The predicted octanol–water partition coefficient (Wildman–Crippen LogP) is 1.62. The number of rotatable bonds is 4. The largest absolute Gasteiger partial charge is 0.342 e. The number of amides is 1. The molecule has 0 bridgehead atoms. The molecule has 0 aromatic heterocycles. The summed E-state index contributed by atoms with van der Waals surface area (Å²) in [6.07, 6.45) is 4.07. The third-order valence-electron chi connectivity index (χ3n) is 3.38. The van der Waals surface area contributed by atoms with Crippen LogP contribution in [0.2, 0.25) is 0 Å². The molecule has 1 aliphatic heterocycles. The topological polar surface area (TPSA) is 46.3 Å². The van der Waals surface area contributed by atoms with Gasteiger partial charge in [0.2, 0.25) is 5.91 Å². The van der Waals surface area contributed by atoms with Crippen molar-refractivity contribution < 1.29 is 4.79 Å². The van der Waals surface area contributed by atoms with Gasteiger partial charge in [0.1, 0.15) is 0 Å². The van der Waals surface area contributed by atoms with Gasteiger partial charge >= 0.3 is 0 Å². The highest BCUT2D eigenvalue weighted by atomic mass is 16.2. The summed E-state index contributed by atoms with van der Waals surface area (Å²) in [6, 6.07) is 0. The Morgan fingerprint density at radius 2 is 2.33 bits per heavy atom. The van der Waals surface area contributed by atoms with E-state index in [9.17, 15) is 4.79 Å². The van der Waals surface area contributed by atoms with Gasteiger partial charge in [0, 0.05) is 19.5 Å². The van der Waals surface area contributed by atoms with Gasteiger partial charge in [0.25, 0.3) is 0 Å². The average Bonchev–Trinajstić information content (AvgIpc) is 2.25. The summed E-state index contributed by atoms with van der Waals surface area (Å²) in [7, 11) is 0. The minimum Gasteiger partial charge on any atom is -0.342 e. The molecule has 1 aliphatic rings. The lowest BCUT2D eigenvalue weighted by atomic mass is 9.97. The molecule has 15 heavy (non-hydrogen) atoms. The maximum atomic E-state index is 11.9. The van der Waals surface area contributed by atoms with Crippen LogP contribution in [0.5, 0.6) is 0 Å². The maximum absolute atomic E-state index is 11.9. The highest BCUT2D eigenvalue weighted by Crippen LogP contribution is 2.18. The zero-order chi connectivity index (χ0) is 11.3. The van der Waals surface area contributed by atoms with Crippen LogP contribution in [0.1, 0.15) is 39.5 Å². The molecule has 2 unspecified atom stereocenters. The Hall–Kier alpha value is -0.570. The van der Waals surface area contributed by atoms with E-state index in [4.69, 9.17) is 5.73 Å². The lowest BCUT2D eigenvalue weighted by Crippen LogP contribution is -2.40. The molecule has 0 aromatic carbocycles. The molecule has 2 N–H and O–H groups in total. The number of nitrogens with two attached hydrogens (primary N) is 1. The number of piperidine rings is 1. The van der Waals surface area contributed by atoms with Gasteiger partial charge in [-0.25, -0.2) is 0 Å². The zero-order valence-corrected chi connectivity index (χ0v) is 10.0. The first kappa shape index (κ1) is 12.5. The lowest BCUT2D eigenvalue weighted by molar-refractivity contribution is -0.133. The molecule has 0 aliphatic carbocycles.